The highest BCUT2D eigenvalue weighted by molar-refractivity contribution is 6.31. The molecule has 148 valence electrons. The largest absolute Gasteiger partial charge is 0.464 e. The van der Waals surface area contributed by atoms with Gasteiger partial charge in [-0.25, -0.2) is 0 Å². The minimum Gasteiger partial charge on any atom is -0.464 e. The third-order valence-corrected chi connectivity index (χ3v) is 5.97. The summed E-state index contributed by atoms with van der Waals surface area (Å²) in [5.74, 6) is 0.0717. The van der Waals surface area contributed by atoms with E-state index in [0.29, 0.717) is 36.5 Å². The zero-order chi connectivity index (χ0) is 19.2. The molecular formula is C21H29ClN2O3. The Balaban J connectivity index is 1.53. The number of hydrogen-bond acceptors (Lipinski definition) is 4. The average Bonchev–Trinajstić information content (AvgIpc) is 3.02. The Kier molecular flexibility index (Phi) is 7.00. The lowest BCUT2D eigenvalue weighted by atomic mass is 9.94. The van der Waals surface area contributed by atoms with Gasteiger partial charge in [-0.2, -0.15) is 0 Å². The fourth-order valence-electron chi connectivity index (χ4n) is 4.19. The SMILES string of the molecule is CC(=O)OCCNc1ccc(CC2CCN(C3CCCCC3)C2=O)c(Cl)c1. The van der Waals surface area contributed by atoms with Crippen molar-refractivity contribution in [2.24, 2.45) is 5.92 Å². The molecule has 1 unspecified atom stereocenters. The normalized spacial score (nSPS) is 20.7. The standard InChI is InChI=1S/C21H29ClN2O3/c1-15(25)27-12-10-23-18-8-7-16(20(22)14-18)13-17-9-11-24(21(17)26)19-5-3-2-4-6-19/h7-8,14,17,19,23H,2-6,9-13H2,1H3. The Bertz CT molecular complexity index is 673. The number of benzene rings is 1. The summed E-state index contributed by atoms with van der Waals surface area (Å²) >= 11 is 6.45. The van der Waals surface area contributed by atoms with E-state index in [0.717, 1.165) is 37.1 Å². The molecule has 5 nitrogen and oxygen atoms in total. The van der Waals surface area contributed by atoms with Gasteiger partial charge in [0.05, 0.1) is 0 Å². The number of hydrogen-bond donors (Lipinski definition) is 1. The van der Waals surface area contributed by atoms with E-state index in [-0.39, 0.29) is 11.9 Å². The summed E-state index contributed by atoms with van der Waals surface area (Å²) in [7, 11) is 0. The summed E-state index contributed by atoms with van der Waals surface area (Å²) in [6.07, 6.45) is 7.75. The Hall–Kier alpha value is -1.75. The first kappa shape index (κ1) is 20.0. The molecule has 2 aliphatic rings. The lowest BCUT2D eigenvalue weighted by molar-refractivity contribution is -0.140. The van der Waals surface area contributed by atoms with Crippen molar-refractivity contribution in [3.63, 3.8) is 0 Å². The van der Waals surface area contributed by atoms with E-state index >= 15 is 0 Å². The zero-order valence-electron chi connectivity index (χ0n) is 16.0. The van der Waals surface area contributed by atoms with Crippen LogP contribution in [-0.2, 0) is 20.7 Å². The molecule has 1 atom stereocenters. The molecule has 1 aliphatic heterocycles. The van der Waals surface area contributed by atoms with E-state index < -0.39 is 0 Å². The molecule has 1 amide bonds. The van der Waals surface area contributed by atoms with Crippen molar-refractivity contribution in [3.8, 4) is 0 Å². The number of amides is 1. The molecule has 0 bridgehead atoms. The zero-order valence-corrected chi connectivity index (χ0v) is 16.8. The Labute approximate surface area is 166 Å². The third kappa shape index (κ3) is 5.38. The van der Waals surface area contributed by atoms with Crippen molar-refractivity contribution in [1.82, 2.24) is 4.90 Å². The highest BCUT2D eigenvalue weighted by Crippen LogP contribution is 2.32. The van der Waals surface area contributed by atoms with E-state index in [4.69, 9.17) is 16.3 Å². The minimum atomic E-state index is -0.284. The highest BCUT2D eigenvalue weighted by atomic mass is 35.5. The predicted octanol–water partition coefficient (Wildman–Crippen LogP) is 4.04. The van der Waals surface area contributed by atoms with Crippen molar-refractivity contribution in [2.75, 3.05) is 25.0 Å². The molecular weight excluding hydrogens is 364 g/mol. The molecule has 1 heterocycles. The van der Waals surface area contributed by atoms with Gasteiger partial charge in [-0.15, -0.1) is 0 Å². The molecule has 0 spiro atoms. The van der Waals surface area contributed by atoms with Gasteiger partial charge in [0.2, 0.25) is 5.91 Å². The van der Waals surface area contributed by atoms with Gasteiger partial charge in [0.25, 0.3) is 0 Å². The van der Waals surface area contributed by atoms with Crippen LogP contribution in [0.25, 0.3) is 0 Å². The molecule has 1 N–H and O–H groups in total. The van der Waals surface area contributed by atoms with E-state index in [1.165, 1.54) is 26.2 Å². The molecule has 1 aliphatic carbocycles. The molecule has 1 aromatic rings. The molecule has 6 heteroatoms. The predicted molar refractivity (Wildman–Crippen MR) is 107 cm³/mol. The number of halogens is 1. The summed E-state index contributed by atoms with van der Waals surface area (Å²) in [6, 6.07) is 6.29. The van der Waals surface area contributed by atoms with Crippen LogP contribution in [0.3, 0.4) is 0 Å². The van der Waals surface area contributed by atoms with Crippen LogP contribution in [0.15, 0.2) is 18.2 Å². The first-order valence-corrected chi connectivity index (χ1v) is 10.4. The van der Waals surface area contributed by atoms with Gasteiger partial charge < -0.3 is 15.0 Å². The number of carbonyl (C=O) groups is 2. The molecule has 2 fully saturated rings. The summed E-state index contributed by atoms with van der Waals surface area (Å²) < 4.78 is 4.90. The summed E-state index contributed by atoms with van der Waals surface area (Å²) in [6.45, 7) is 3.14. The fourth-order valence-corrected chi connectivity index (χ4v) is 4.44. The molecule has 3 rings (SSSR count). The van der Waals surface area contributed by atoms with Gasteiger partial charge in [-0.3, -0.25) is 9.59 Å². The maximum atomic E-state index is 12.8. The van der Waals surface area contributed by atoms with Gasteiger partial charge in [0.1, 0.15) is 6.61 Å². The Morgan fingerprint density at radius 2 is 2.04 bits per heavy atom. The number of likely N-dealkylation sites (tertiary alicyclic amines) is 1. The number of nitrogens with one attached hydrogen (secondary N) is 1. The van der Waals surface area contributed by atoms with Gasteiger partial charge in [0.15, 0.2) is 0 Å². The van der Waals surface area contributed by atoms with Gasteiger partial charge in [0, 0.05) is 42.7 Å². The van der Waals surface area contributed by atoms with Crippen LogP contribution in [-0.4, -0.2) is 42.5 Å². The van der Waals surface area contributed by atoms with Crippen LogP contribution in [0.2, 0.25) is 5.02 Å². The molecule has 1 aromatic carbocycles. The van der Waals surface area contributed by atoms with Crippen molar-refractivity contribution in [1.29, 1.82) is 0 Å². The molecule has 1 saturated heterocycles. The van der Waals surface area contributed by atoms with Crippen molar-refractivity contribution in [2.45, 2.75) is 57.9 Å². The van der Waals surface area contributed by atoms with Crippen LogP contribution in [0, 0.1) is 5.92 Å². The second-order valence-corrected chi connectivity index (χ2v) is 7.99. The second kappa shape index (κ2) is 9.45. The smallest absolute Gasteiger partial charge is 0.302 e. The number of ether oxygens (including phenoxy) is 1. The van der Waals surface area contributed by atoms with Crippen molar-refractivity contribution in [3.05, 3.63) is 28.8 Å². The second-order valence-electron chi connectivity index (χ2n) is 7.59. The third-order valence-electron chi connectivity index (χ3n) is 5.62. The van der Waals surface area contributed by atoms with Crippen LogP contribution < -0.4 is 5.32 Å². The topological polar surface area (TPSA) is 58.6 Å². The lowest BCUT2D eigenvalue weighted by Crippen LogP contribution is -2.39. The Morgan fingerprint density at radius 1 is 1.26 bits per heavy atom. The first-order valence-electron chi connectivity index (χ1n) is 10.0. The van der Waals surface area contributed by atoms with E-state index in [1.807, 2.05) is 18.2 Å². The fraction of sp³-hybridized carbons (Fsp3) is 0.619. The Morgan fingerprint density at radius 3 is 2.74 bits per heavy atom. The monoisotopic (exact) mass is 392 g/mol. The molecule has 0 radical (unpaired) electrons. The summed E-state index contributed by atoms with van der Waals surface area (Å²) in [5, 5.41) is 3.86. The lowest BCUT2D eigenvalue weighted by Gasteiger charge is -2.31. The van der Waals surface area contributed by atoms with E-state index in [2.05, 4.69) is 10.2 Å². The number of nitrogens with zero attached hydrogens (tertiary/aromatic N) is 1. The average molecular weight is 393 g/mol. The number of rotatable bonds is 7. The maximum Gasteiger partial charge on any atom is 0.302 e. The van der Waals surface area contributed by atoms with Crippen molar-refractivity contribution >= 4 is 29.2 Å². The number of anilines is 1. The van der Waals surface area contributed by atoms with Gasteiger partial charge in [-0.05, 0) is 43.4 Å². The molecule has 1 saturated carbocycles. The minimum absolute atomic E-state index is 0.0483. The van der Waals surface area contributed by atoms with E-state index in [9.17, 15) is 9.59 Å². The first-order chi connectivity index (χ1) is 13.0. The number of carbonyl (C=O) groups excluding carboxylic acids is 2. The van der Waals surface area contributed by atoms with Gasteiger partial charge in [-0.1, -0.05) is 36.9 Å². The number of esters is 1. The highest BCUT2D eigenvalue weighted by Gasteiger charge is 2.36. The van der Waals surface area contributed by atoms with Crippen LogP contribution in [0.4, 0.5) is 5.69 Å². The molecule has 0 aromatic heterocycles. The molecule has 27 heavy (non-hydrogen) atoms. The van der Waals surface area contributed by atoms with Crippen LogP contribution in [0.5, 0.6) is 0 Å². The van der Waals surface area contributed by atoms with Gasteiger partial charge >= 0.3 is 5.97 Å². The van der Waals surface area contributed by atoms with E-state index in [1.54, 1.807) is 0 Å². The summed E-state index contributed by atoms with van der Waals surface area (Å²) in [5.41, 5.74) is 1.91. The maximum absolute atomic E-state index is 12.8. The van der Waals surface area contributed by atoms with Crippen molar-refractivity contribution < 1.29 is 14.3 Å². The van der Waals surface area contributed by atoms with Crippen LogP contribution >= 0.6 is 11.6 Å². The summed E-state index contributed by atoms with van der Waals surface area (Å²) in [4.78, 5) is 25.7. The quantitative estimate of drug-likeness (QED) is 0.562. The van der Waals surface area contributed by atoms with Crippen LogP contribution in [0.1, 0.15) is 51.0 Å².